The number of pyridine rings is 1. The molecule has 0 bridgehead atoms. The minimum absolute atomic E-state index is 0.267. The summed E-state index contributed by atoms with van der Waals surface area (Å²) in [6, 6.07) is 3.49. The minimum atomic E-state index is -0.267. The van der Waals surface area contributed by atoms with Crippen LogP contribution in [0.15, 0.2) is 12.1 Å². The first-order chi connectivity index (χ1) is 7.70. The maximum absolute atomic E-state index is 11.3. The van der Waals surface area contributed by atoms with E-state index >= 15 is 0 Å². The number of aromatic nitrogens is 3. The van der Waals surface area contributed by atoms with Gasteiger partial charge in [0.05, 0.1) is 5.39 Å². The van der Waals surface area contributed by atoms with Gasteiger partial charge in [0.1, 0.15) is 0 Å². The number of nitrogens with one attached hydrogen (secondary N) is 3. The molecule has 6 nitrogen and oxygen atoms in total. The van der Waals surface area contributed by atoms with Crippen molar-refractivity contribution in [2.24, 2.45) is 0 Å². The van der Waals surface area contributed by atoms with Crippen molar-refractivity contribution < 1.29 is 4.79 Å². The van der Waals surface area contributed by atoms with Crippen molar-refractivity contribution in [3.05, 3.63) is 17.8 Å². The maximum atomic E-state index is 11.3. The molecule has 0 saturated heterocycles. The second kappa shape index (κ2) is 4.18. The van der Waals surface area contributed by atoms with Crippen LogP contribution in [0.2, 0.25) is 0 Å². The Bertz CT molecular complexity index is 519. The average molecular weight is 219 g/mol. The van der Waals surface area contributed by atoms with Crippen LogP contribution in [-0.2, 0) is 0 Å². The Hall–Kier alpha value is -2.11. The minimum Gasteiger partial charge on any atom is -0.338 e. The van der Waals surface area contributed by atoms with Crippen molar-refractivity contribution in [2.75, 3.05) is 11.9 Å². The van der Waals surface area contributed by atoms with Crippen molar-refractivity contribution in [2.45, 2.75) is 13.8 Å². The van der Waals surface area contributed by atoms with Crippen molar-refractivity contribution in [1.82, 2.24) is 20.5 Å². The third-order valence-corrected chi connectivity index (χ3v) is 2.13. The molecular weight excluding hydrogens is 206 g/mol. The molecule has 2 aromatic rings. The van der Waals surface area contributed by atoms with Gasteiger partial charge >= 0.3 is 6.03 Å². The van der Waals surface area contributed by atoms with E-state index in [9.17, 15) is 4.79 Å². The van der Waals surface area contributed by atoms with Crippen LogP contribution in [0.3, 0.4) is 0 Å². The Morgan fingerprint density at radius 1 is 1.50 bits per heavy atom. The smallest absolute Gasteiger partial charge is 0.320 e. The van der Waals surface area contributed by atoms with E-state index in [-0.39, 0.29) is 6.03 Å². The van der Waals surface area contributed by atoms with Crippen LogP contribution in [0.5, 0.6) is 0 Å². The number of amides is 2. The number of anilines is 1. The Labute approximate surface area is 92.5 Å². The van der Waals surface area contributed by atoms with Crippen LogP contribution in [0.4, 0.5) is 10.6 Å². The molecule has 2 amide bonds. The lowest BCUT2D eigenvalue weighted by Crippen LogP contribution is -2.28. The van der Waals surface area contributed by atoms with Gasteiger partial charge in [0.15, 0.2) is 11.5 Å². The monoisotopic (exact) mass is 219 g/mol. The number of carbonyl (C=O) groups is 1. The Kier molecular flexibility index (Phi) is 2.72. The lowest BCUT2D eigenvalue weighted by atomic mass is 10.3. The number of fused-ring (bicyclic) bond motifs is 1. The summed E-state index contributed by atoms with van der Waals surface area (Å²) >= 11 is 0. The average Bonchev–Trinajstić information content (AvgIpc) is 2.61. The lowest BCUT2D eigenvalue weighted by Gasteiger charge is -2.02. The highest BCUT2D eigenvalue weighted by molar-refractivity contribution is 5.97. The first kappa shape index (κ1) is 10.4. The van der Waals surface area contributed by atoms with Crippen molar-refractivity contribution in [3.8, 4) is 0 Å². The summed E-state index contributed by atoms with van der Waals surface area (Å²) in [5.41, 5.74) is 1.58. The van der Waals surface area contributed by atoms with Crippen LogP contribution in [-0.4, -0.2) is 27.8 Å². The highest BCUT2D eigenvalue weighted by Gasteiger charge is 2.08. The van der Waals surface area contributed by atoms with Crippen LogP contribution >= 0.6 is 0 Å². The standard InChI is InChI=1S/C10H13N5O/c1-3-11-10(16)13-9-7-5-4-6(2)12-8(7)14-15-9/h4-5H,3H2,1-2H3,(H3,11,12,13,14,15,16). The molecule has 0 saturated carbocycles. The lowest BCUT2D eigenvalue weighted by molar-refractivity contribution is 0.252. The van der Waals surface area contributed by atoms with E-state index in [4.69, 9.17) is 0 Å². The highest BCUT2D eigenvalue weighted by Crippen LogP contribution is 2.18. The quantitative estimate of drug-likeness (QED) is 0.714. The molecule has 0 aromatic carbocycles. The van der Waals surface area contributed by atoms with E-state index in [0.29, 0.717) is 18.0 Å². The number of rotatable bonds is 2. The highest BCUT2D eigenvalue weighted by atomic mass is 16.2. The number of hydrogen-bond donors (Lipinski definition) is 3. The fraction of sp³-hybridized carbons (Fsp3) is 0.300. The normalized spacial score (nSPS) is 10.4. The second-order valence-electron chi connectivity index (χ2n) is 3.41. The largest absolute Gasteiger partial charge is 0.338 e. The number of aromatic amines is 1. The fourth-order valence-electron chi connectivity index (χ4n) is 1.41. The maximum Gasteiger partial charge on any atom is 0.320 e. The predicted octanol–water partition coefficient (Wildman–Crippen LogP) is 1.41. The van der Waals surface area contributed by atoms with Gasteiger partial charge in [-0.25, -0.2) is 9.78 Å². The molecule has 0 aliphatic rings. The van der Waals surface area contributed by atoms with Gasteiger partial charge in [0.25, 0.3) is 0 Å². The first-order valence-corrected chi connectivity index (χ1v) is 5.07. The molecule has 0 aliphatic carbocycles. The van der Waals surface area contributed by atoms with Crippen LogP contribution in [0, 0.1) is 6.92 Å². The molecule has 0 radical (unpaired) electrons. The zero-order chi connectivity index (χ0) is 11.5. The third kappa shape index (κ3) is 1.95. The first-order valence-electron chi connectivity index (χ1n) is 5.07. The molecule has 6 heteroatoms. The van der Waals surface area contributed by atoms with Gasteiger partial charge in [0.2, 0.25) is 0 Å². The SMILES string of the molecule is CCNC(=O)Nc1n[nH]c2nc(C)ccc12. The zero-order valence-electron chi connectivity index (χ0n) is 9.16. The van der Waals surface area contributed by atoms with Crippen molar-refractivity contribution in [3.63, 3.8) is 0 Å². The summed E-state index contributed by atoms with van der Waals surface area (Å²) in [5.74, 6) is 0.494. The van der Waals surface area contributed by atoms with Gasteiger partial charge in [-0.3, -0.25) is 10.4 Å². The molecule has 2 rings (SSSR count). The summed E-state index contributed by atoms with van der Waals surface area (Å²) in [4.78, 5) is 15.6. The van der Waals surface area contributed by atoms with E-state index in [1.807, 2.05) is 26.0 Å². The molecule has 3 N–H and O–H groups in total. The molecule has 0 fully saturated rings. The molecule has 84 valence electrons. The van der Waals surface area contributed by atoms with E-state index in [1.54, 1.807) is 0 Å². The molecule has 0 atom stereocenters. The summed E-state index contributed by atoms with van der Waals surface area (Å²) in [7, 11) is 0. The van der Waals surface area contributed by atoms with E-state index in [1.165, 1.54) is 0 Å². The van der Waals surface area contributed by atoms with Gasteiger partial charge in [-0.2, -0.15) is 5.10 Å². The van der Waals surface area contributed by atoms with Crippen LogP contribution in [0.25, 0.3) is 11.0 Å². The summed E-state index contributed by atoms with van der Waals surface area (Å²) in [5, 5.41) is 12.9. The summed E-state index contributed by atoms with van der Waals surface area (Å²) in [6.45, 7) is 4.33. The fourth-order valence-corrected chi connectivity index (χ4v) is 1.41. The number of aryl methyl sites for hydroxylation is 1. The van der Waals surface area contributed by atoms with Gasteiger partial charge in [-0.15, -0.1) is 0 Å². The molecule has 16 heavy (non-hydrogen) atoms. The third-order valence-electron chi connectivity index (χ3n) is 2.13. The number of nitrogens with zero attached hydrogens (tertiary/aromatic N) is 2. The molecule has 2 aromatic heterocycles. The second-order valence-corrected chi connectivity index (χ2v) is 3.41. The zero-order valence-corrected chi connectivity index (χ0v) is 9.16. The number of hydrogen-bond acceptors (Lipinski definition) is 3. The number of urea groups is 1. The molecule has 0 unspecified atom stereocenters. The van der Waals surface area contributed by atoms with Gasteiger partial charge in [-0.05, 0) is 26.0 Å². The Morgan fingerprint density at radius 3 is 3.06 bits per heavy atom. The van der Waals surface area contributed by atoms with Crippen molar-refractivity contribution in [1.29, 1.82) is 0 Å². The van der Waals surface area contributed by atoms with Crippen LogP contribution in [0.1, 0.15) is 12.6 Å². The van der Waals surface area contributed by atoms with E-state index in [2.05, 4.69) is 25.8 Å². The van der Waals surface area contributed by atoms with E-state index in [0.717, 1.165) is 11.1 Å². The topological polar surface area (TPSA) is 82.7 Å². The van der Waals surface area contributed by atoms with Gasteiger partial charge in [-0.1, -0.05) is 0 Å². The molecule has 0 spiro atoms. The number of H-pyrrole nitrogens is 1. The Balaban J connectivity index is 2.28. The van der Waals surface area contributed by atoms with Crippen molar-refractivity contribution >= 4 is 22.9 Å². The molecule has 0 aliphatic heterocycles. The Morgan fingerprint density at radius 2 is 2.31 bits per heavy atom. The van der Waals surface area contributed by atoms with Crippen LogP contribution < -0.4 is 10.6 Å². The molecule has 2 heterocycles. The van der Waals surface area contributed by atoms with Gasteiger partial charge in [0, 0.05) is 12.2 Å². The molecular formula is C10H13N5O. The summed E-state index contributed by atoms with van der Waals surface area (Å²) in [6.07, 6.45) is 0. The summed E-state index contributed by atoms with van der Waals surface area (Å²) < 4.78 is 0. The van der Waals surface area contributed by atoms with Gasteiger partial charge < -0.3 is 5.32 Å². The van der Waals surface area contributed by atoms with E-state index < -0.39 is 0 Å². The predicted molar refractivity (Wildman–Crippen MR) is 61.3 cm³/mol. The number of carbonyl (C=O) groups excluding carboxylic acids is 1.